The van der Waals surface area contributed by atoms with Gasteiger partial charge in [-0.05, 0) is 49.3 Å². The van der Waals surface area contributed by atoms with Gasteiger partial charge in [-0.15, -0.1) is 0 Å². The van der Waals surface area contributed by atoms with E-state index in [1.54, 1.807) is 12.1 Å². The highest BCUT2D eigenvalue weighted by Gasteiger charge is 2.35. The Morgan fingerprint density at radius 3 is 2.71 bits per heavy atom. The van der Waals surface area contributed by atoms with Crippen molar-refractivity contribution in [2.24, 2.45) is 10.9 Å². The van der Waals surface area contributed by atoms with Crippen LogP contribution >= 0.6 is 23.2 Å². The molecule has 1 amide bonds. The summed E-state index contributed by atoms with van der Waals surface area (Å²) in [6.07, 6.45) is 3.75. The van der Waals surface area contributed by atoms with Crippen LogP contribution in [0.25, 0.3) is 0 Å². The number of halogens is 2. The molecule has 0 spiro atoms. The first-order valence-electron chi connectivity index (χ1n) is 11.4. The van der Waals surface area contributed by atoms with Crippen LogP contribution in [-0.4, -0.2) is 57.2 Å². The topological polar surface area (TPSA) is 90.9 Å². The van der Waals surface area contributed by atoms with E-state index in [-0.39, 0.29) is 26.9 Å². The van der Waals surface area contributed by atoms with Crippen LogP contribution in [-0.2, 0) is 21.2 Å². The third-order valence-electron chi connectivity index (χ3n) is 6.45. The summed E-state index contributed by atoms with van der Waals surface area (Å²) < 4.78 is 28.0. The van der Waals surface area contributed by atoms with Crippen molar-refractivity contribution < 1.29 is 13.2 Å². The number of nitrogens with zero attached hydrogens (tertiary/aromatic N) is 2. The fourth-order valence-corrected chi connectivity index (χ4v) is 6.90. The maximum absolute atomic E-state index is 13.3. The number of rotatable bonds is 9. The number of nitrogens with one attached hydrogen (secondary N) is 2. The molecule has 2 aliphatic rings. The zero-order valence-electron chi connectivity index (χ0n) is 18.7. The number of aryl methyl sites for hydroxylation is 1. The van der Waals surface area contributed by atoms with E-state index in [4.69, 9.17) is 23.2 Å². The lowest BCUT2D eigenvalue weighted by atomic mass is 9.88. The number of benzene rings is 2. The quantitative estimate of drug-likeness (QED) is 0.493. The second kappa shape index (κ2) is 11.1. The van der Waals surface area contributed by atoms with Gasteiger partial charge in [0.1, 0.15) is 10.7 Å². The van der Waals surface area contributed by atoms with Crippen LogP contribution < -0.4 is 10.6 Å². The lowest BCUT2D eigenvalue weighted by Gasteiger charge is -2.36. The largest absolute Gasteiger partial charge is 0.368 e. The molecule has 1 fully saturated rings. The Kier molecular flexibility index (Phi) is 8.14. The molecule has 0 aliphatic carbocycles. The molecule has 2 heterocycles. The lowest BCUT2D eigenvalue weighted by molar-refractivity contribution is -0.110. The van der Waals surface area contributed by atoms with E-state index >= 15 is 0 Å². The van der Waals surface area contributed by atoms with E-state index in [1.165, 1.54) is 10.4 Å². The summed E-state index contributed by atoms with van der Waals surface area (Å²) in [6, 6.07) is 12.8. The normalized spacial score (nSPS) is 19.8. The van der Waals surface area contributed by atoms with Crippen LogP contribution in [0.5, 0.6) is 0 Å². The molecule has 2 unspecified atom stereocenters. The molecular formula is C24H28Cl2N4O3S. The van der Waals surface area contributed by atoms with Gasteiger partial charge in [0.05, 0.1) is 16.6 Å². The molecule has 1 saturated heterocycles. The van der Waals surface area contributed by atoms with Crippen molar-refractivity contribution in [3.63, 3.8) is 0 Å². The first-order chi connectivity index (χ1) is 16.4. The summed E-state index contributed by atoms with van der Waals surface area (Å²) in [5.41, 5.74) is 2.22. The number of amides is 1. The van der Waals surface area contributed by atoms with Gasteiger partial charge in [-0.25, -0.2) is 8.42 Å². The van der Waals surface area contributed by atoms with E-state index in [9.17, 15) is 13.2 Å². The number of carbonyl (C=O) groups excluding carboxylic acids is 1. The zero-order valence-corrected chi connectivity index (χ0v) is 21.0. The fraction of sp³-hybridized carbons (Fsp3) is 0.417. The molecule has 2 aromatic rings. The second-order valence-electron chi connectivity index (χ2n) is 8.60. The van der Waals surface area contributed by atoms with Gasteiger partial charge in [0.15, 0.2) is 0 Å². The Labute approximate surface area is 210 Å². The van der Waals surface area contributed by atoms with Crippen LogP contribution in [0, 0.1) is 5.92 Å². The number of aliphatic imine (C=N–C) groups is 1. The first-order valence-corrected chi connectivity index (χ1v) is 13.6. The predicted molar refractivity (Wildman–Crippen MR) is 135 cm³/mol. The molecule has 2 atom stereocenters. The van der Waals surface area contributed by atoms with Gasteiger partial charge in [0, 0.05) is 31.2 Å². The molecule has 34 heavy (non-hydrogen) atoms. The van der Waals surface area contributed by atoms with Crippen LogP contribution in [0.4, 0.5) is 0 Å². The van der Waals surface area contributed by atoms with E-state index in [1.807, 2.05) is 0 Å². The summed E-state index contributed by atoms with van der Waals surface area (Å²) in [6.45, 7) is 2.40. The monoisotopic (exact) mass is 522 g/mol. The number of sulfonamides is 1. The molecule has 2 aliphatic heterocycles. The average molecular weight is 523 g/mol. The number of carbonyl (C=O) groups is 1. The van der Waals surface area contributed by atoms with Crippen LogP contribution in [0.2, 0.25) is 10.0 Å². The maximum atomic E-state index is 13.3. The molecule has 0 saturated carbocycles. The van der Waals surface area contributed by atoms with Crippen LogP contribution in [0.3, 0.4) is 0 Å². The summed E-state index contributed by atoms with van der Waals surface area (Å²) in [4.78, 5) is 15.8. The van der Waals surface area contributed by atoms with Crippen LogP contribution in [0.15, 0.2) is 52.4 Å². The predicted octanol–water partition coefficient (Wildman–Crippen LogP) is 3.49. The highest BCUT2D eigenvalue weighted by atomic mass is 35.5. The molecule has 0 radical (unpaired) electrons. The highest BCUT2D eigenvalue weighted by molar-refractivity contribution is 7.89. The first kappa shape index (κ1) is 25.0. The molecular weight excluding hydrogens is 495 g/mol. The van der Waals surface area contributed by atoms with E-state index < -0.39 is 10.0 Å². The average Bonchev–Trinajstić information content (AvgIpc) is 3.39. The van der Waals surface area contributed by atoms with Crippen molar-refractivity contribution in [2.75, 3.05) is 26.2 Å². The Morgan fingerprint density at radius 1 is 1.21 bits per heavy atom. The summed E-state index contributed by atoms with van der Waals surface area (Å²) >= 11 is 12.3. The number of hydrogen-bond acceptors (Lipinski definition) is 5. The SMILES string of the molecule is O=CNC(CCc1ccc(C2=NCCN2)cc1)C1CCCN(S(=O)(=O)c2cccc(Cl)c2Cl)C1. The van der Waals surface area contributed by atoms with Gasteiger partial charge in [0.2, 0.25) is 16.4 Å². The van der Waals surface area contributed by atoms with Crippen LogP contribution in [0.1, 0.15) is 30.4 Å². The van der Waals surface area contributed by atoms with Crippen molar-refractivity contribution in [3.8, 4) is 0 Å². The molecule has 2 N–H and O–H groups in total. The summed E-state index contributed by atoms with van der Waals surface area (Å²) in [5.74, 6) is 0.929. The molecule has 10 heteroatoms. The highest BCUT2D eigenvalue weighted by Crippen LogP contribution is 2.33. The minimum Gasteiger partial charge on any atom is -0.368 e. The standard InChI is InChI=1S/C24H28Cl2N4O3S/c25-20-4-1-5-22(23(20)26)34(32,33)30-14-2-3-19(15-30)21(29-16-31)11-8-17-6-9-18(10-7-17)24-27-12-13-28-24/h1,4-7,9-10,16,19,21H,2-3,8,11-15H2,(H,27,28)(H,29,31). The van der Waals surface area contributed by atoms with Crippen molar-refractivity contribution in [3.05, 3.63) is 63.6 Å². The van der Waals surface area contributed by atoms with E-state index in [0.717, 1.165) is 42.9 Å². The second-order valence-corrected chi connectivity index (χ2v) is 11.3. The number of hydrogen-bond donors (Lipinski definition) is 2. The zero-order chi connectivity index (χ0) is 24.1. The van der Waals surface area contributed by atoms with Gasteiger partial charge in [0.25, 0.3) is 0 Å². The van der Waals surface area contributed by atoms with Crippen molar-refractivity contribution in [2.45, 2.75) is 36.6 Å². The van der Waals surface area contributed by atoms with Crippen molar-refractivity contribution in [1.82, 2.24) is 14.9 Å². The lowest BCUT2D eigenvalue weighted by Crippen LogP contribution is -2.47. The third kappa shape index (κ3) is 5.57. The molecule has 0 aromatic heterocycles. The van der Waals surface area contributed by atoms with Gasteiger partial charge in [-0.2, -0.15) is 4.31 Å². The summed E-state index contributed by atoms with van der Waals surface area (Å²) in [7, 11) is -3.79. The molecule has 0 bridgehead atoms. The molecule has 2 aromatic carbocycles. The summed E-state index contributed by atoms with van der Waals surface area (Å²) in [5, 5.41) is 6.45. The van der Waals surface area contributed by atoms with Crippen molar-refractivity contribution >= 4 is 45.5 Å². The molecule has 182 valence electrons. The minimum atomic E-state index is -3.79. The third-order valence-corrected chi connectivity index (χ3v) is 9.29. The smallest absolute Gasteiger partial charge is 0.244 e. The Morgan fingerprint density at radius 2 is 2.00 bits per heavy atom. The van der Waals surface area contributed by atoms with E-state index in [0.29, 0.717) is 32.3 Å². The number of amidine groups is 1. The molecule has 7 nitrogen and oxygen atoms in total. The van der Waals surface area contributed by atoms with Gasteiger partial charge in [-0.3, -0.25) is 9.79 Å². The Hall–Kier alpha value is -2.13. The molecule has 4 rings (SSSR count). The Balaban J connectivity index is 1.43. The van der Waals surface area contributed by atoms with Crippen molar-refractivity contribution in [1.29, 1.82) is 0 Å². The van der Waals surface area contributed by atoms with E-state index in [2.05, 4.69) is 39.9 Å². The van der Waals surface area contributed by atoms with Gasteiger partial charge in [-0.1, -0.05) is 53.5 Å². The Bertz CT molecular complexity index is 1160. The van der Waals surface area contributed by atoms with Gasteiger partial charge >= 0.3 is 0 Å². The number of piperidine rings is 1. The van der Waals surface area contributed by atoms with Gasteiger partial charge < -0.3 is 10.6 Å². The fourth-order valence-electron chi connectivity index (χ4n) is 4.63. The minimum absolute atomic E-state index is 0.00278. The maximum Gasteiger partial charge on any atom is 0.244 e.